The quantitative estimate of drug-likeness (QED) is 0.783. The van der Waals surface area contributed by atoms with Gasteiger partial charge in [-0.15, -0.1) is 0 Å². The first kappa shape index (κ1) is 11.9. The zero-order valence-corrected chi connectivity index (χ0v) is 10.8. The van der Waals surface area contributed by atoms with E-state index in [-0.39, 0.29) is 0 Å². The number of hydrogen-bond acceptors (Lipinski definition) is 1. The lowest BCUT2D eigenvalue weighted by Gasteiger charge is -2.37. The fraction of sp³-hybridized carbons (Fsp3) is 0.929. The van der Waals surface area contributed by atoms with E-state index in [4.69, 9.17) is 0 Å². The van der Waals surface area contributed by atoms with E-state index in [2.05, 4.69) is 26.1 Å². The van der Waals surface area contributed by atoms with Crippen LogP contribution in [0.4, 0.5) is 0 Å². The van der Waals surface area contributed by atoms with Crippen molar-refractivity contribution >= 4 is 5.91 Å². The molecule has 0 aromatic rings. The van der Waals surface area contributed by atoms with Gasteiger partial charge in [-0.25, -0.2) is 0 Å². The van der Waals surface area contributed by atoms with Crippen LogP contribution < -0.4 is 5.32 Å². The van der Waals surface area contributed by atoms with Crippen LogP contribution in [0.15, 0.2) is 0 Å². The summed E-state index contributed by atoms with van der Waals surface area (Å²) in [6.45, 7) is 6.89. The van der Waals surface area contributed by atoms with Gasteiger partial charge in [0.2, 0.25) is 5.91 Å². The van der Waals surface area contributed by atoms with Gasteiger partial charge in [0.05, 0.1) is 0 Å². The van der Waals surface area contributed by atoms with Crippen molar-refractivity contribution in [1.29, 1.82) is 0 Å². The monoisotopic (exact) mass is 223 g/mol. The molecule has 0 aliphatic heterocycles. The van der Waals surface area contributed by atoms with Gasteiger partial charge in [-0.3, -0.25) is 4.79 Å². The Morgan fingerprint density at radius 3 is 2.44 bits per heavy atom. The van der Waals surface area contributed by atoms with E-state index in [9.17, 15) is 4.79 Å². The number of rotatable bonds is 3. The molecule has 0 bridgehead atoms. The van der Waals surface area contributed by atoms with Crippen LogP contribution in [0.25, 0.3) is 0 Å². The average molecular weight is 223 g/mol. The summed E-state index contributed by atoms with van der Waals surface area (Å²) in [6.07, 6.45) is 6.02. The molecule has 92 valence electrons. The highest BCUT2D eigenvalue weighted by atomic mass is 16.2. The smallest absolute Gasteiger partial charge is 0.223 e. The molecular formula is C14H25NO. The second-order valence-corrected chi connectivity index (χ2v) is 6.22. The van der Waals surface area contributed by atoms with Crippen molar-refractivity contribution < 1.29 is 4.79 Å². The third-order valence-electron chi connectivity index (χ3n) is 4.30. The Morgan fingerprint density at radius 1 is 1.19 bits per heavy atom. The van der Waals surface area contributed by atoms with Gasteiger partial charge in [0.1, 0.15) is 0 Å². The molecule has 0 saturated heterocycles. The van der Waals surface area contributed by atoms with Crippen LogP contribution in [-0.2, 0) is 4.79 Å². The Hall–Kier alpha value is -0.530. The highest BCUT2D eigenvalue weighted by Crippen LogP contribution is 2.35. The average Bonchev–Trinajstić information content (AvgIpc) is 2.99. The van der Waals surface area contributed by atoms with Crippen LogP contribution in [-0.4, -0.2) is 11.9 Å². The third kappa shape index (κ3) is 2.78. The number of nitrogens with one attached hydrogen (secondary N) is 1. The lowest BCUT2D eigenvalue weighted by molar-refractivity contribution is -0.123. The van der Waals surface area contributed by atoms with Gasteiger partial charge >= 0.3 is 0 Å². The third-order valence-corrected chi connectivity index (χ3v) is 4.30. The predicted molar refractivity (Wildman–Crippen MR) is 66.0 cm³/mol. The predicted octanol–water partition coefficient (Wildman–Crippen LogP) is 2.97. The van der Waals surface area contributed by atoms with Crippen LogP contribution in [0.5, 0.6) is 0 Å². The second kappa shape index (κ2) is 4.77. The minimum atomic E-state index is 0.324. The maximum Gasteiger partial charge on any atom is 0.223 e. The normalized spacial score (nSPS) is 35.1. The number of carbonyl (C=O) groups excluding carboxylic acids is 1. The highest BCUT2D eigenvalue weighted by Gasteiger charge is 2.35. The highest BCUT2D eigenvalue weighted by molar-refractivity contribution is 5.81. The zero-order chi connectivity index (χ0) is 11.7. The molecule has 2 fully saturated rings. The van der Waals surface area contributed by atoms with E-state index < -0.39 is 0 Å². The Bertz CT molecular complexity index is 257. The van der Waals surface area contributed by atoms with Crippen molar-refractivity contribution in [3.05, 3.63) is 0 Å². The van der Waals surface area contributed by atoms with E-state index >= 15 is 0 Å². The Balaban J connectivity index is 1.93. The van der Waals surface area contributed by atoms with Gasteiger partial charge in [0, 0.05) is 12.0 Å². The summed E-state index contributed by atoms with van der Waals surface area (Å²) in [7, 11) is 0. The molecular weight excluding hydrogens is 198 g/mol. The molecule has 0 aromatic carbocycles. The van der Waals surface area contributed by atoms with Gasteiger partial charge in [-0.05, 0) is 43.4 Å². The molecule has 0 radical (unpaired) electrons. The van der Waals surface area contributed by atoms with Crippen molar-refractivity contribution in [2.75, 3.05) is 0 Å². The SMILES string of the molecule is CC(C)[C@H]1CC[C@H](C)C[C@H]1NC(=O)C1CC1. The molecule has 0 aromatic heterocycles. The molecule has 0 unspecified atom stereocenters. The van der Waals surface area contributed by atoms with E-state index in [0.717, 1.165) is 18.8 Å². The summed E-state index contributed by atoms with van der Waals surface area (Å²) in [6, 6.07) is 0.442. The maximum absolute atomic E-state index is 11.8. The summed E-state index contributed by atoms with van der Waals surface area (Å²) >= 11 is 0. The van der Waals surface area contributed by atoms with Crippen molar-refractivity contribution in [2.45, 2.75) is 58.9 Å². The molecule has 2 nitrogen and oxygen atoms in total. The van der Waals surface area contributed by atoms with Gasteiger partial charge < -0.3 is 5.32 Å². The van der Waals surface area contributed by atoms with E-state index in [1.807, 2.05) is 0 Å². The van der Waals surface area contributed by atoms with Crippen LogP contribution in [0.2, 0.25) is 0 Å². The van der Waals surface area contributed by atoms with Crippen LogP contribution in [0.1, 0.15) is 52.9 Å². The summed E-state index contributed by atoms with van der Waals surface area (Å²) in [4.78, 5) is 11.8. The van der Waals surface area contributed by atoms with Gasteiger partial charge in [-0.2, -0.15) is 0 Å². The van der Waals surface area contributed by atoms with Crippen molar-refractivity contribution in [3.8, 4) is 0 Å². The number of carbonyl (C=O) groups is 1. The molecule has 3 atom stereocenters. The summed E-state index contributed by atoms with van der Waals surface area (Å²) in [5.74, 6) is 2.84. The van der Waals surface area contributed by atoms with E-state index in [0.29, 0.717) is 29.7 Å². The minimum absolute atomic E-state index is 0.324. The molecule has 2 rings (SSSR count). The Labute approximate surface area is 99.2 Å². The van der Waals surface area contributed by atoms with Crippen molar-refractivity contribution in [1.82, 2.24) is 5.32 Å². The first-order chi connectivity index (χ1) is 7.58. The molecule has 0 spiro atoms. The fourth-order valence-corrected chi connectivity index (χ4v) is 3.01. The molecule has 1 amide bonds. The van der Waals surface area contributed by atoms with Gasteiger partial charge in [0.25, 0.3) is 0 Å². The second-order valence-electron chi connectivity index (χ2n) is 6.22. The Morgan fingerprint density at radius 2 is 1.88 bits per heavy atom. The van der Waals surface area contributed by atoms with E-state index in [1.54, 1.807) is 0 Å². The van der Waals surface area contributed by atoms with Crippen molar-refractivity contribution in [2.24, 2.45) is 23.7 Å². The molecule has 0 heterocycles. The first-order valence-electron chi connectivity index (χ1n) is 6.88. The minimum Gasteiger partial charge on any atom is -0.353 e. The van der Waals surface area contributed by atoms with Crippen molar-refractivity contribution in [3.63, 3.8) is 0 Å². The Kier molecular flexibility index (Phi) is 3.56. The lowest BCUT2D eigenvalue weighted by Crippen LogP contribution is -2.46. The standard InChI is InChI=1S/C14H25NO/c1-9(2)12-7-4-10(3)8-13(12)15-14(16)11-5-6-11/h9-13H,4-8H2,1-3H3,(H,15,16)/t10-,12+,13+/m0/s1. The summed E-state index contributed by atoms with van der Waals surface area (Å²) in [5, 5.41) is 3.30. The fourth-order valence-electron chi connectivity index (χ4n) is 3.01. The van der Waals surface area contributed by atoms with Crippen LogP contribution in [0.3, 0.4) is 0 Å². The summed E-state index contributed by atoms with van der Waals surface area (Å²) in [5.41, 5.74) is 0. The number of hydrogen-bond donors (Lipinski definition) is 1. The maximum atomic E-state index is 11.8. The van der Waals surface area contributed by atoms with Crippen LogP contribution in [0, 0.1) is 23.7 Å². The largest absolute Gasteiger partial charge is 0.353 e. The number of amides is 1. The van der Waals surface area contributed by atoms with Crippen LogP contribution >= 0.6 is 0 Å². The molecule has 2 aliphatic rings. The molecule has 2 heteroatoms. The molecule has 1 N–H and O–H groups in total. The van der Waals surface area contributed by atoms with Gasteiger partial charge in [0.15, 0.2) is 0 Å². The van der Waals surface area contributed by atoms with Gasteiger partial charge in [-0.1, -0.05) is 27.2 Å². The van der Waals surface area contributed by atoms with E-state index in [1.165, 1.54) is 19.3 Å². The topological polar surface area (TPSA) is 29.1 Å². The molecule has 16 heavy (non-hydrogen) atoms. The summed E-state index contributed by atoms with van der Waals surface area (Å²) < 4.78 is 0. The molecule has 2 aliphatic carbocycles. The first-order valence-corrected chi connectivity index (χ1v) is 6.88. The molecule has 2 saturated carbocycles. The zero-order valence-electron chi connectivity index (χ0n) is 10.8. The lowest BCUT2D eigenvalue weighted by atomic mass is 9.74.